The van der Waals surface area contributed by atoms with E-state index >= 15 is 0 Å². The third-order valence-corrected chi connectivity index (χ3v) is 2.96. The Labute approximate surface area is 81.2 Å². The predicted octanol–water partition coefficient (Wildman–Crippen LogP) is 0.510. The van der Waals surface area contributed by atoms with E-state index in [1.165, 1.54) is 0 Å². The van der Waals surface area contributed by atoms with Crippen LogP contribution in [0.25, 0.3) is 0 Å². The van der Waals surface area contributed by atoms with Crippen LogP contribution in [0.1, 0.15) is 19.3 Å². The third kappa shape index (κ3) is 1.73. The van der Waals surface area contributed by atoms with Crippen LogP contribution in [0, 0.1) is 5.92 Å². The second-order valence-electron chi connectivity index (χ2n) is 4.07. The molecule has 0 radical (unpaired) electrons. The van der Waals surface area contributed by atoms with Crippen molar-refractivity contribution in [1.82, 2.24) is 10.6 Å². The van der Waals surface area contributed by atoms with Gasteiger partial charge in [0.15, 0.2) is 0 Å². The van der Waals surface area contributed by atoms with Crippen molar-refractivity contribution in [1.29, 1.82) is 0 Å². The highest BCUT2D eigenvalue weighted by molar-refractivity contribution is 5.80. The smallest absolute Gasteiger partial charge is 0.259 e. The zero-order chi connectivity index (χ0) is 10.2. The van der Waals surface area contributed by atoms with Crippen molar-refractivity contribution in [3.8, 4) is 0 Å². The minimum absolute atomic E-state index is 0.0545. The van der Waals surface area contributed by atoms with Gasteiger partial charge in [-0.3, -0.25) is 4.79 Å². The molecule has 2 aliphatic rings. The summed E-state index contributed by atoms with van der Waals surface area (Å²) < 4.78 is 26.3. The fourth-order valence-corrected chi connectivity index (χ4v) is 1.94. The molecule has 1 saturated heterocycles. The van der Waals surface area contributed by atoms with Gasteiger partial charge in [0, 0.05) is 19.5 Å². The first-order chi connectivity index (χ1) is 6.59. The highest BCUT2D eigenvalue weighted by Crippen LogP contribution is 2.40. The van der Waals surface area contributed by atoms with Crippen molar-refractivity contribution in [2.75, 3.05) is 13.1 Å². The molecule has 2 N–H and O–H groups in total. The van der Waals surface area contributed by atoms with Crippen LogP contribution in [0.3, 0.4) is 0 Å². The number of halogens is 2. The van der Waals surface area contributed by atoms with Crippen molar-refractivity contribution >= 4 is 5.91 Å². The molecule has 1 atom stereocenters. The van der Waals surface area contributed by atoms with Crippen molar-refractivity contribution in [3.63, 3.8) is 0 Å². The van der Waals surface area contributed by atoms with Gasteiger partial charge in [0.1, 0.15) is 5.92 Å². The van der Waals surface area contributed by atoms with E-state index in [4.69, 9.17) is 0 Å². The minimum Gasteiger partial charge on any atom is -0.350 e. The third-order valence-electron chi connectivity index (χ3n) is 2.96. The normalized spacial score (nSPS) is 31.1. The van der Waals surface area contributed by atoms with Crippen molar-refractivity contribution in [2.45, 2.75) is 31.2 Å². The molecular formula is C9H14F2N2O. The topological polar surface area (TPSA) is 41.1 Å². The molecule has 0 aromatic rings. The van der Waals surface area contributed by atoms with Gasteiger partial charge in [-0.05, 0) is 12.8 Å². The van der Waals surface area contributed by atoms with Gasteiger partial charge < -0.3 is 10.6 Å². The van der Waals surface area contributed by atoms with Crippen LogP contribution in [0.15, 0.2) is 0 Å². The summed E-state index contributed by atoms with van der Waals surface area (Å²) in [6, 6.07) is 0.0545. The number of carbonyl (C=O) groups excluding carboxylic acids is 1. The van der Waals surface area contributed by atoms with E-state index < -0.39 is 17.7 Å². The molecule has 2 fully saturated rings. The fourth-order valence-electron chi connectivity index (χ4n) is 1.94. The summed E-state index contributed by atoms with van der Waals surface area (Å²) in [7, 11) is 0. The number of carbonyl (C=O) groups is 1. The molecule has 14 heavy (non-hydrogen) atoms. The summed E-state index contributed by atoms with van der Waals surface area (Å²) >= 11 is 0. The first-order valence-corrected chi connectivity index (χ1v) is 4.98. The number of hydrogen-bond donors (Lipinski definition) is 2. The van der Waals surface area contributed by atoms with Gasteiger partial charge in [-0.15, -0.1) is 0 Å². The van der Waals surface area contributed by atoms with Crippen LogP contribution >= 0.6 is 0 Å². The SMILES string of the molecule is O=C(NC1CNC1)C1CCCC1(F)F. The van der Waals surface area contributed by atoms with Crippen LogP contribution in [0.4, 0.5) is 8.78 Å². The Bertz CT molecular complexity index is 241. The molecular weight excluding hydrogens is 190 g/mol. The highest BCUT2D eigenvalue weighted by atomic mass is 19.3. The summed E-state index contributed by atoms with van der Waals surface area (Å²) in [4.78, 5) is 11.4. The van der Waals surface area contributed by atoms with Crippen LogP contribution in [0.5, 0.6) is 0 Å². The summed E-state index contributed by atoms with van der Waals surface area (Å²) in [5.41, 5.74) is 0. The number of nitrogens with one attached hydrogen (secondary N) is 2. The second-order valence-corrected chi connectivity index (χ2v) is 4.07. The Morgan fingerprint density at radius 2 is 2.14 bits per heavy atom. The lowest BCUT2D eigenvalue weighted by Gasteiger charge is -2.30. The molecule has 2 rings (SSSR count). The zero-order valence-corrected chi connectivity index (χ0v) is 7.85. The summed E-state index contributed by atoms with van der Waals surface area (Å²) in [6.07, 6.45) is 0.626. The first-order valence-electron chi connectivity index (χ1n) is 4.98. The molecule has 1 aliphatic carbocycles. The average molecular weight is 204 g/mol. The standard InChI is InChI=1S/C9H14F2N2O/c10-9(11)3-1-2-7(9)8(14)13-6-4-12-5-6/h6-7,12H,1-5H2,(H,13,14). The van der Waals surface area contributed by atoms with E-state index in [0.717, 1.165) is 0 Å². The van der Waals surface area contributed by atoms with Gasteiger partial charge in [-0.1, -0.05) is 0 Å². The maximum atomic E-state index is 13.2. The summed E-state index contributed by atoms with van der Waals surface area (Å²) in [5.74, 6) is -4.36. The Balaban J connectivity index is 1.90. The Morgan fingerprint density at radius 1 is 1.43 bits per heavy atom. The van der Waals surface area contributed by atoms with Gasteiger partial charge in [-0.25, -0.2) is 8.78 Å². The van der Waals surface area contributed by atoms with Crippen LogP contribution in [-0.4, -0.2) is 31.0 Å². The Hall–Kier alpha value is -0.710. The minimum atomic E-state index is -2.79. The zero-order valence-electron chi connectivity index (χ0n) is 7.85. The van der Waals surface area contributed by atoms with Gasteiger partial charge in [0.2, 0.25) is 5.91 Å². The molecule has 0 spiro atoms. The molecule has 0 bridgehead atoms. The lowest BCUT2D eigenvalue weighted by atomic mass is 10.0. The van der Waals surface area contributed by atoms with E-state index in [9.17, 15) is 13.6 Å². The summed E-state index contributed by atoms with van der Waals surface area (Å²) in [5, 5.41) is 5.61. The van der Waals surface area contributed by atoms with Gasteiger partial charge in [0.25, 0.3) is 5.92 Å². The lowest BCUT2D eigenvalue weighted by Crippen LogP contribution is -2.58. The van der Waals surface area contributed by atoms with E-state index in [-0.39, 0.29) is 12.5 Å². The van der Waals surface area contributed by atoms with E-state index in [1.54, 1.807) is 0 Å². The van der Waals surface area contributed by atoms with Crippen LogP contribution < -0.4 is 10.6 Å². The molecule has 3 nitrogen and oxygen atoms in total. The number of hydrogen-bond acceptors (Lipinski definition) is 2. The highest BCUT2D eigenvalue weighted by Gasteiger charge is 2.48. The Morgan fingerprint density at radius 3 is 2.57 bits per heavy atom. The van der Waals surface area contributed by atoms with Crippen molar-refractivity contribution in [2.24, 2.45) is 5.92 Å². The second kappa shape index (κ2) is 3.46. The van der Waals surface area contributed by atoms with Crippen molar-refractivity contribution in [3.05, 3.63) is 0 Å². The molecule has 5 heteroatoms. The molecule has 1 unspecified atom stereocenters. The molecule has 1 aliphatic heterocycles. The predicted molar refractivity (Wildman–Crippen MR) is 47.1 cm³/mol. The number of amides is 1. The molecule has 80 valence electrons. The quantitative estimate of drug-likeness (QED) is 0.688. The fraction of sp³-hybridized carbons (Fsp3) is 0.889. The molecule has 0 aromatic heterocycles. The van der Waals surface area contributed by atoms with Gasteiger partial charge in [0.05, 0.1) is 6.04 Å². The average Bonchev–Trinajstić information content (AvgIpc) is 2.37. The summed E-state index contributed by atoms with van der Waals surface area (Å²) in [6.45, 7) is 1.40. The van der Waals surface area contributed by atoms with Gasteiger partial charge >= 0.3 is 0 Å². The Kier molecular flexibility index (Phi) is 2.43. The largest absolute Gasteiger partial charge is 0.350 e. The van der Waals surface area contributed by atoms with Crippen molar-refractivity contribution < 1.29 is 13.6 Å². The van der Waals surface area contributed by atoms with Crippen LogP contribution in [0.2, 0.25) is 0 Å². The van der Waals surface area contributed by atoms with E-state index in [2.05, 4.69) is 10.6 Å². The molecule has 1 heterocycles. The number of alkyl halides is 2. The number of rotatable bonds is 2. The maximum absolute atomic E-state index is 13.2. The molecule has 0 aromatic carbocycles. The van der Waals surface area contributed by atoms with Crippen LogP contribution in [-0.2, 0) is 4.79 Å². The van der Waals surface area contributed by atoms with E-state index in [0.29, 0.717) is 25.9 Å². The first kappa shape index (κ1) is 9.83. The van der Waals surface area contributed by atoms with E-state index in [1.807, 2.05) is 0 Å². The lowest BCUT2D eigenvalue weighted by molar-refractivity contribution is -0.137. The van der Waals surface area contributed by atoms with Gasteiger partial charge in [-0.2, -0.15) is 0 Å². The molecule has 1 saturated carbocycles. The molecule has 1 amide bonds. The monoisotopic (exact) mass is 204 g/mol. The maximum Gasteiger partial charge on any atom is 0.259 e.